The zero-order chi connectivity index (χ0) is 18.8. The number of halogens is 1. The van der Waals surface area contributed by atoms with Gasteiger partial charge in [-0.05, 0) is 31.0 Å². The largest absolute Gasteiger partial charge is 0.325 e. The Hall–Kier alpha value is -2.71. The van der Waals surface area contributed by atoms with E-state index in [0.717, 1.165) is 22.4 Å². The number of nitrogens with two attached hydrogens (primary N) is 1. The zero-order valence-corrected chi connectivity index (χ0v) is 15.6. The molecule has 2 heterocycles. The number of rotatable bonds is 5. The van der Waals surface area contributed by atoms with Crippen molar-refractivity contribution in [3.05, 3.63) is 46.4 Å². The van der Waals surface area contributed by atoms with Gasteiger partial charge in [0, 0.05) is 19.2 Å². The van der Waals surface area contributed by atoms with E-state index < -0.39 is 0 Å². The van der Waals surface area contributed by atoms with Crippen molar-refractivity contribution >= 4 is 23.2 Å². The first-order valence-corrected chi connectivity index (χ1v) is 8.45. The molecule has 0 bridgehead atoms. The van der Waals surface area contributed by atoms with Crippen LogP contribution in [-0.4, -0.2) is 30.7 Å². The Morgan fingerprint density at radius 1 is 1.35 bits per heavy atom. The molecule has 0 aliphatic carbocycles. The number of nitrogens with zero attached hydrogens (tertiary/aromatic N) is 5. The molecule has 3 rings (SSSR count). The van der Waals surface area contributed by atoms with E-state index in [9.17, 15) is 4.79 Å². The molecule has 3 N–H and O–H groups in total. The number of hydrogen-bond acceptors (Lipinski definition) is 5. The number of aryl methyl sites for hydroxylation is 3. The van der Waals surface area contributed by atoms with E-state index >= 15 is 0 Å². The predicted molar refractivity (Wildman–Crippen MR) is 99.7 cm³/mol. The van der Waals surface area contributed by atoms with Crippen LogP contribution in [0.1, 0.15) is 16.8 Å². The molecular weight excluding hydrogens is 354 g/mol. The smallest absolute Gasteiger partial charge is 0.246 e. The monoisotopic (exact) mass is 373 g/mol. The normalized spacial score (nSPS) is 11.0. The lowest BCUT2D eigenvalue weighted by Gasteiger charge is -2.11. The molecule has 0 unspecified atom stereocenters. The first kappa shape index (κ1) is 18.1. The fourth-order valence-corrected chi connectivity index (χ4v) is 3.19. The number of amides is 1. The third kappa shape index (κ3) is 3.61. The molecule has 2 aromatic heterocycles. The van der Waals surface area contributed by atoms with Crippen LogP contribution < -0.4 is 11.1 Å². The molecule has 0 spiro atoms. The van der Waals surface area contributed by atoms with E-state index in [1.807, 2.05) is 33.0 Å². The average molecular weight is 374 g/mol. The van der Waals surface area contributed by atoms with Gasteiger partial charge in [-0.2, -0.15) is 5.10 Å². The number of nitrogens with one attached hydrogen (secondary N) is 1. The summed E-state index contributed by atoms with van der Waals surface area (Å²) in [6.07, 6.45) is 3.38. The lowest BCUT2D eigenvalue weighted by molar-refractivity contribution is -0.116. The van der Waals surface area contributed by atoms with Crippen LogP contribution in [0.25, 0.3) is 11.3 Å². The summed E-state index contributed by atoms with van der Waals surface area (Å²) in [5, 5.41) is 15.7. The predicted octanol–water partition coefficient (Wildman–Crippen LogP) is 2.05. The highest BCUT2D eigenvalue weighted by molar-refractivity contribution is 6.34. The lowest BCUT2D eigenvalue weighted by atomic mass is 10.1. The molecule has 0 aliphatic rings. The molecule has 0 atom stereocenters. The molecule has 8 nitrogen and oxygen atoms in total. The minimum Gasteiger partial charge on any atom is -0.325 e. The van der Waals surface area contributed by atoms with Gasteiger partial charge >= 0.3 is 0 Å². The third-order valence-electron chi connectivity index (χ3n) is 4.07. The van der Waals surface area contributed by atoms with E-state index in [-0.39, 0.29) is 12.5 Å². The van der Waals surface area contributed by atoms with Gasteiger partial charge in [0.25, 0.3) is 0 Å². The molecule has 9 heteroatoms. The van der Waals surface area contributed by atoms with Crippen LogP contribution in [0, 0.1) is 13.8 Å². The topological polar surface area (TPSA) is 104 Å². The first-order valence-electron chi connectivity index (χ1n) is 8.07. The Bertz CT molecular complexity index is 937. The van der Waals surface area contributed by atoms with Crippen LogP contribution in [-0.2, 0) is 24.9 Å². The van der Waals surface area contributed by atoms with Gasteiger partial charge in [0.2, 0.25) is 5.91 Å². The average Bonchev–Trinajstić information content (AvgIpc) is 3.17. The number of carbonyl (C=O) groups excluding carboxylic acids is 1. The van der Waals surface area contributed by atoms with E-state index in [1.165, 1.54) is 4.68 Å². The maximum Gasteiger partial charge on any atom is 0.246 e. The van der Waals surface area contributed by atoms with Crippen LogP contribution in [0.15, 0.2) is 24.5 Å². The first-order chi connectivity index (χ1) is 12.4. The van der Waals surface area contributed by atoms with Gasteiger partial charge in [0.05, 0.1) is 28.8 Å². The Labute approximate surface area is 155 Å². The molecule has 0 saturated heterocycles. The van der Waals surface area contributed by atoms with Crippen molar-refractivity contribution in [1.82, 2.24) is 24.8 Å². The number of carbonyl (C=O) groups is 1. The Morgan fingerprint density at radius 2 is 2.12 bits per heavy atom. The maximum atomic E-state index is 12.3. The van der Waals surface area contributed by atoms with Crippen molar-refractivity contribution in [2.75, 3.05) is 5.32 Å². The summed E-state index contributed by atoms with van der Waals surface area (Å²) in [7, 11) is 1.82. The van der Waals surface area contributed by atoms with Gasteiger partial charge in [0.1, 0.15) is 12.2 Å². The molecule has 1 amide bonds. The number of benzene rings is 1. The summed E-state index contributed by atoms with van der Waals surface area (Å²) in [6, 6.07) is 3.78. The van der Waals surface area contributed by atoms with E-state index in [4.69, 9.17) is 17.3 Å². The van der Waals surface area contributed by atoms with Crippen molar-refractivity contribution in [3.8, 4) is 11.3 Å². The summed E-state index contributed by atoms with van der Waals surface area (Å²) in [5.74, 6) is -0.236. The van der Waals surface area contributed by atoms with Gasteiger partial charge < -0.3 is 11.1 Å². The van der Waals surface area contributed by atoms with Gasteiger partial charge in [-0.3, -0.25) is 9.48 Å². The van der Waals surface area contributed by atoms with Gasteiger partial charge in [-0.15, -0.1) is 5.10 Å². The molecule has 3 aromatic rings. The second-order valence-electron chi connectivity index (χ2n) is 6.12. The summed E-state index contributed by atoms with van der Waals surface area (Å²) in [5.41, 5.74) is 10.6. The highest BCUT2D eigenvalue weighted by Gasteiger charge is 2.15. The minimum atomic E-state index is -0.236. The van der Waals surface area contributed by atoms with Crippen LogP contribution in [0.2, 0.25) is 5.02 Å². The van der Waals surface area contributed by atoms with E-state index in [0.29, 0.717) is 22.9 Å². The third-order valence-corrected chi connectivity index (χ3v) is 4.37. The zero-order valence-electron chi connectivity index (χ0n) is 14.8. The fraction of sp³-hybridized carbons (Fsp3) is 0.294. The van der Waals surface area contributed by atoms with E-state index in [2.05, 4.69) is 20.7 Å². The Balaban J connectivity index is 1.74. The van der Waals surface area contributed by atoms with Crippen LogP contribution in [0.3, 0.4) is 0 Å². The highest BCUT2D eigenvalue weighted by atomic mass is 35.5. The van der Waals surface area contributed by atoms with E-state index in [1.54, 1.807) is 17.1 Å². The summed E-state index contributed by atoms with van der Waals surface area (Å²) in [6.45, 7) is 4.22. The van der Waals surface area contributed by atoms with Gasteiger partial charge in [0.15, 0.2) is 0 Å². The molecule has 0 radical (unpaired) electrons. The number of anilines is 1. The summed E-state index contributed by atoms with van der Waals surface area (Å²) >= 11 is 6.23. The van der Waals surface area contributed by atoms with Gasteiger partial charge in [-0.1, -0.05) is 22.9 Å². The molecule has 0 aliphatic heterocycles. The number of hydrogen-bond donors (Lipinski definition) is 2. The SMILES string of the molecule is Cc1cc(C)c(NC(=O)Cn2cc(-c3cnn(C)c3CN)nn2)c(Cl)c1. The van der Waals surface area contributed by atoms with Crippen molar-refractivity contribution in [1.29, 1.82) is 0 Å². The maximum absolute atomic E-state index is 12.3. The molecule has 136 valence electrons. The summed E-state index contributed by atoms with van der Waals surface area (Å²) < 4.78 is 3.17. The summed E-state index contributed by atoms with van der Waals surface area (Å²) in [4.78, 5) is 12.3. The molecule has 0 saturated carbocycles. The quantitative estimate of drug-likeness (QED) is 0.712. The minimum absolute atomic E-state index is 0.0227. The molecular formula is C17H20ClN7O. The Kier molecular flexibility index (Phi) is 5.06. The van der Waals surface area contributed by atoms with Crippen LogP contribution in [0.5, 0.6) is 0 Å². The van der Waals surface area contributed by atoms with Crippen molar-refractivity contribution in [3.63, 3.8) is 0 Å². The standard InChI is InChI=1S/C17H20ClN7O/c1-10-4-11(2)17(13(18)5-10)21-16(26)9-25-8-14(22-23-25)12-7-20-24(3)15(12)6-19/h4-5,7-8H,6,9,19H2,1-3H3,(H,21,26). The Morgan fingerprint density at radius 3 is 2.81 bits per heavy atom. The lowest BCUT2D eigenvalue weighted by Crippen LogP contribution is -2.20. The van der Waals surface area contributed by atoms with Crippen LogP contribution in [0.4, 0.5) is 5.69 Å². The van der Waals surface area contributed by atoms with Crippen molar-refractivity contribution in [2.45, 2.75) is 26.9 Å². The second kappa shape index (κ2) is 7.27. The van der Waals surface area contributed by atoms with Crippen molar-refractivity contribution < 1.29 is 4.79 Å². The van der Waals surface area contributed by atoms with Crippen LogP contribution >= 0.6 is 11.6 Å². The molecule has 0 fully saturated rings. The highest BCUT2D eigenvalue weighted by Crippen LogP contribution is 2.27. The fourth-order valence-electron chi connectivity index (χ4n) is 2.82. The number of aromatic nitrogens is 5. The molecule has 1 aromatic carbocycles. The van der Waals surface area contributed by atoms with Gasteiger partial charge in [-0.25, -0.2) is 4.68 Å². The molecule has 26 heavy (non-hydrogen) atoms. The van der Waals surface area contributed by atoms with Crippen molar-refractivity contribution in [2.24, 2.45) is 12.8 Å². The second-order valence-corrected chi connectivity index (χ2v) is 6.53.